The molecule has 2 heterocycles. The average Bonchev–Trinajstić information content (AvgIpc) is 2.90. The first-order valence-corrected chi connectivity index (χ1v) is 9.36. The first-order chi connectivity index (χ1) is 11.0. The van der Waals surface area contributed by atoms with Gasteiger partial charge in [-0.1, -0.05) is 36.8 Å². The zero-order valence-electron chi connectivity index (χ0n) is 13.6. The number of piperidine rings is 1. The van der Waals surface area contributed by atoms with Crippen LogP contribution in [0.4, 0.5) is 0 Å². The molecule has 1 aromatic carbocycles. The monoisotopic (exact) mass is 346 g/mol. The lowest BCUT2D eigenvalue weighted by Crippen LogP contribution is -2.39. The van der Waals surface area contributed by atoms with Crippen LogP contribution >= 0.6 is 23.6 Å². The minimum Gasteiger partial charge on any atom is -0.341 e. The molecule has 1 aliphatic rings. The second-order valence-corrected chi connectivity index (χ2v) is 7.91. The van der Waals surface area contributed by atoms with Gasteiger partial charge in [-0.15, -0.1) is 11.3 Å². The van der Waals surface area contributed by atoms with Crippen molar-refractivity contribution in [3.8, 4) is 11.3 Å². The van der Waals surface area contributed by atoms with Gasteiger partial charge in [0.1, 0.15) is 6.54 Å². The maximum absolute atomic E-state index is 12.6. The summed E-state index contributed by atoms with van der Waals surface area (Å²) in [5.41, 5.74) is 3.38. The lowest BCUT2D eigenvalue weighted by Gasteiger charge is -2.30. The van der Waals surface area contributed by atoms with E-state index < -0.39 is 0 Å². The summed E-state index contributed by atoms with van der Waals surface area (Å²) in [5.74, 6) is 0.908. The number of likely N-dealkylation sites (tertiary alicyclic amines) is 1. The molecular formula is C18H22N2OS2. The van der Waals surface area contributed by atoms with Crippen LogP contribution in [0.2, 0.25) is 0 Å². The van der Waals surface area contributed by atoms with Gasteiger partial charge in [0, 0.05) is 18.5 Å². The highest BCUT2D eigenvalue weighted by Crippen LogP contribution is 2.25. The van der Waals surface area contributed by atoms with Gasteiger partial charge < -0.3 is 9.47 Å². The topological polar surface area (TPSA) is 25.2 Å². The first-order valence-electron chi connectivity index (χ1n) is 8.08. The molecule has 0 radical (unpaired) electrons. The molecule has 0 N–H and O–H groups in total. The summed E-state index contributed by atoms with van der Waals surface area (Å²) in [7, 11) is 0. The number of hydrogen-bond donors (Lipinski definition) is 0. The highest BCUT2D eigenvalue weighted by molar-refractivity contribution is 7.73. The van der Waals surface area contributed by atoms with Gasteiger partial charge in [-0.2, -0.15) is 0 Å². The summed E-state index contributed by atoms with van der Waals surface area (Å²) in [6.07, 6.45) is 2.21. The van der Waals surface area contributed by atoms with Crippen LogP contribution in [0, 0.1) is 16.8 Å². The quantitative estimate of drug-likeness (QED) is 0.764. The highest BCUT2D eigenvalue weighted by atomic mass is 32.1. The SMILES string of the molecule is Cc1ccc(-c2csc(=S)n2CC(=O)N2CCC(C)CC2)cc1. The van der Waals surface area contributed by atoms with E-state index in [0.717, 1.165) is 47.1 Å². The van der Waals surface area contributed by atoms with Crippen LogP contribution < -0.4 is 0 Å². The Morgan fingerprint density at radius 1 is 1.26 bits per heavy atom. The Labute approximate surface area is 146 Å². The molecule has 0 spiro atoms. The van der Waals surface area contributed by atoms with Crippen LogP contribution in [0.5, 0.6) is 0 Å². The number of aromatic nitrogens is 1. The number of aryl methyl sites for hydroxylation is 1. The summed E-state index contributed by atoms with van der Waals surface area (Å²) < 4.78 is 2.74. The maximum Gasteiger partial charge on any atom is 0.242 e. The summed E-state index contributed by atoms with van der Waals surface area (Å²) in [6.45, 7) is 6.42. The lowest BCUT2D eigenvalue weighted by atomic mass is 9.99. The predicted molar refractivity (Wildman–Crippen MR) is 98.3 cm³/mol. The number of nitrogens with zero attached hydrogens (tertiary/aromatic N) is 2. The second-order valence-electron chi connectivity index (χ2n) is 6.40. The maximum atomic E-state index is 12.6. The van der Waals surface area contributed by atoms with Crippen LogP contribution in [0.1, 0.15) is 25.3 Å². The van der Waals surface area contributed by atoms with E-state index in [1.165, 1.54) is 16.9 Å². The molecule has 5 heteroatoms. The molecule has 0 saturated carbocycles. The molecule has 0 aliphatic carbocycles. The molecule has 2 aromatic rings. The van der Waals surface area contributed by atoms with Gasteiger partial charge in [0.2, 0.25) is 5.91 Å². The molecule has 3 rings (SSSR count). The van der Waals surface area contributed by atoms with E-state index in [2.05, 4.69) is 43.5 Å². The van der Waals surface area contributed by atoms with Crippen molar-refractivity contribution in [1.29, 1.82) is 0 Å². The Kier molecular flexibility index (Phi) is 4.97. The standard InChI is InChI=1S/C18H22N2OS2/c1-13-3-5-15(6-4-13)16-12-23-18(22)20(16)11-17(21)19-9-7-14(2)8-10-19/h3-6,12,14H,7-11H2,1-2H3. The van der Waals surface area contributed by atoms with E-state index in [0.29, 0.717) is 6.54 Å². The minimum absolute atomic E-state index is 0.180. The third-order valence-corrected chi connectivity index (χ3v) is 5.83. The smallest absolute Gasteiger partial charge is 0.242 e. The summed E-state index contributed by atoms with van der Waals surface area (Å²) in [5, 5.41) is 2.05. The third kappa shape index (κ3) is 3.72. The number of thiazole rings is 1. The zero-order chi connectivity index (χ0) is 16.4. The van der Waals surface area contributed by atoms with Crippen molar-refractivity contribution < 1.29 is 4.79 Å². The summed E-state index contributed by atoms with van der Waals surface area (Å²) in [4.78, 5) is 14.6. The average molecular weight is 347 g/mol. The summed E-state index contributed by atoms with van der Waals surface area (Å²) >= 11 is 6.97. The van der Waals surface area contributed by atoms with Crippen molar-refractivity contribution in [2.24, 2.45) is 5.92 Å². The number of amides is 1. The zero-order valence-corrected chi connectivity index (χ0v) is 15.3. The van der Waals surface area contributed by atoms with Crippen LogP contribution in [0.25, 0.3) is 11.3 Å². The van der Waals surface area contributed by atoms with Crippen LogP contribution in [-0.4, -0.2) is 28.5 Å². The second kappa shape index (κ2) is 6.97. The van der Waals surface area contributed by atoms with Crippen molar-refractivity contribution in [1.82, 2.24) is 9.47 Å². The fourth-order valence-electron chi connectivity index (χ4n) is 2.92. The van der Waals surface area contributed by atoms with E-state index >= 15 is 0 Å². The van der Waals surface area contributed by atoms with E-state index in [1.807, 2.05) is 9.47 Å². The number of benzene rings is 1. The van der Waals surface area contributed by atoms with Crippen molar-refractivity contribution in [2.75, 3.05) is 13.1 Å². The van der Waals surface area contributed by atoms with Gasteiger partial charge in [0.15, 0.2) is 3.95 Å². The fourth-order valence-corrected chi connectivity index (χ4v) is 4.00. The molecular weight excluding hydrogens is 324 g/mol. The Hall–Kier alpha value is -1.46. The highest BCUT2D eigenvalue weighted by Gasteiger charge is 2.21. The predicted octanol–water partition coefficient (Wildman–Crippen LogP) is 4.51. The molecule has 1 fully saturated rings. The molecule has 23 heavy (non-hydrogen) atoms. The van der Waals surface area contributed by atoms with Gasteiger partial charge >= 0.3 is 0 Å². The van der Waals surface area contributed by atoms with Crippen molar-refractivity contribution in [3.63, 3.8) is 0 Å². The number of hydrogen-bond acceptors (Lipinski definition) is 3. The van der Waals surface area contributed by atoms with Crippen LogP contribution in [0.3, 0.4) is 0 Å². The van der Waals surface area contributed by atoms with Gasteiger partial charge in [-0.3, -0.25) is 4.79 Å². The van der Waals surface area contributed by atoms with Crippen LogP contribution in [0.15, 0.2) is 29.6 Å². The molecule has 1 aromatic heterocycles. The van der Waals surface area contributed by atoms with E-state index in [1.54, 1.807) is 0 Å². The molecule has 1 aliphatic heterocycles. The number of carbonyl (C=O) groups excluding carboxylic acids is 1. The van der Waals surface area contributed by atoms with Gasteiger partial charge in [-0.25, -0.2) is 0 Å². The first kappa shape index (κ1) is 16.4. The Morgan fingerprint density at radius 3 is 2.57 bits per heavy atom. The molecule has 3 nitrogen and oxygen atoms in total. The van der Waals surface area contributed by atoms with E-state index in [4.69, 9.17) is 12.2 Å². The molecule has 0 unspecified atom stereocenters. The third-order valence-electron chi connectivity index (χ3n) is 4.56. The van der Waals surface area contributed by atoms with Crippen molar-refractivity contribution in [2.45, 2.75) is 33.2 Å². The van der Waals surface area contributed by atoms with E-state index in [-0.39, 0.29) is 5.91 Å². The van der Waals surface area contributed by atoms with E-state index in [9.17, 15) is 4.79 Å². The molecule has 1 saturated heterocycles. The van der Waals surface area contributed by atoms with Gasteiger partial charge in [0.25, 0.3) is 0 Å². The Balaban J connectivity index is 1.80. The molecule has 122 valence electrons. The number of rotatable bonds is 3. The lowest BCUT2D eigenvalue weighted by molar-refractivity contribution is -0.133. The minimum atomic E-state index is 0.180. The molecule has 0 bridgehead atoms. The van der Waals surface area contributed by atoms with Gasteiger partial charge in [-0.05, 0) is 43.5 Å². The van der Waals surface area contributed by atoms with Crippen molar-refractivity contribution >= 4 is 29.5 Å². The Bertz CT molecular complexity index is 737. The van der Waals surface area contributed by atoms with Crippen molar-refractivity contribution in [3.05, 3.63) is 39.2 Å². The van der Waals surface area contributed by atoms with Gasteiger partial charge in [0.05, 0.1) is 5.69 Å². The summed E-state index contributed by atoms with van der Waals surface area (Å²) in [6, 6.07) is 8.37. The van der Waals surface area contributed by atoms with Crippen LogP contribution in [-0.2, 0) is 11.3 Å². The Morgan fingerprint density at radius 2 is 1.91 bits per heavy atom. The largest absolute Gasteiger partial charge is 0.341 e. The fraction of sp³-hybridized carbons (Fsp3) is 0.444. The molecule has 1 amide bonds. The molecule has 0 atom stereocenters. The number of carbonyl (C=O) groups is 1. The normalized spacial score (nSPS) is 15.8.